The van der Waals surface area contributed by atoms with Crippen LogP contribution >= 0.6 is 0 Å². The van der Waals surface area contributed by atoms with Crippen molar-refractivity contribution in [3.8, 4) is 0 Å². The van der Waals surface area contributed by atoms with Gasteiger partial charge in [-0.25, -0.2) is 0 Å². The van der Waals surface area contributed by atoms with Crippen molar-refractivity contribution >= 4 is 0 Å². The van der Waals surface area contributed by atoms with Gasteiger partial charge >= 0.3 is 0 Å². The maximum absolute atomic E-state index is 10.8. The van der Waals surface area contributed by atoms with E-state index < -0.39 is 6.10 Å². The lowest BCUT2D eigenvalue weighted by molar-refractivity contribution is -0.0112. The summed E-state index contributed by atoms with van der Waals surface area (Å²) in [4.78, 5) is 2.52. The third-order valence-electron chi connectivity index (χ3n) is 6.63. The molecule has 1 heterocycles. The zero-order valence-corrected chi connectivity index (χ0v) is 18.1. The summed E-state index contributed by atoms with van der Waals surface area (Å²) in [6.07, 6.45) is 3.15. The first-order valence-electron chi connectivity index (χ1n) is 11.0. The second kappa shape index (κ2) is 8.22. The minimum absolute atomic E-state index is 0.152. The molecule has 3 nitrogen and oxygen atoms in total. The first-order valence-corrected chi connectivity index (χ1v) is 11.0. The van der Waals surface area contributed by atoms with E-state index in [9.17, 15) is 5.11 Å². The standard InChI is InChI=1S/C26H35NO2/c1-25(2)14-22-15-26(3,18-25)19-27(22)16-23(28)17-29-24(20-10-6-4-7-11-20)21-12-8-5-9-13-21/h4-13,22-24,28H,14-19H2,1-3H3/t22-,23+,26-/m0/s1. The van der Waals surface area contributed by atoms with Gasteiger partial charge in [-0.05, 0) is 41.2 Å². The number of rotatable bonds is 7. The summed E-state index contributed by atoms with van der Waals surface area (Å²) in [7, 11) is 0. The maximum atomic E-state index is 10.8. The lowest BCUT2D eigenvalue weighted by Crippen LogP contribution is -2.39. The molecule has 1 N–H and O–H groups in total. The van der Waals surface area contributed by atoms with Crippen molar-refractivity contribution in [1.82, 2.24) is 4.90 Å². The molecule has 0 radical (unpaired) electrons. The molecule has 1 saturated carbocycles. The van der Waals surface area contributed by atoms with Crippen molar-refractivity contribution in [2.45, 2.75) is 58.3 Å². The Morgan fingerprint density at radius 3 is 2.14 bits per heavy atom. The van der Waals surface area contributed by atoms with Gasteiger partial charge in [-0.3, -0.25) is 4.90 Å². The number of aliphatic hydroxyl groups excluding tert-OH is 1. The summed E-state index contributed by atoms with van der Waals surface area (Å²) in [5.74, 6) is 0. The van der Waals surface area contributed by atoms with Crippen molar-refractivity contribution in [3.05, 3.63) is 71.8 Å². The summed E-state index contributed by atoms with van der Waals surface area (Å²) in [6, 6.07) is 21.2. The highest BCUT2D eigenvalue weighted by molar-refractivity contribution is 5.29. The molecule has 2 fully saturated rings. The fourth-order valence-corrected chi connectivity index (χ4v) is 5.96. The smallest absolute Gasteiger partial charge is 0.108 e. The molecule has 4 rings (SSSR count). The van der Waals surface area contributed by atoms with E-state index in [1.165, 1.54) is 19.3 Å². The highest BCUT2D eigenvalue weighted by Gasteiger charge is 2.49. The van der Waals surface area contributed by atoms with E-state index in [1.54, 1.807) is 0 Å². The summed E-state index contributed by atoms with van der Waals surface area (Å²) in [5.41, 5.74) is 3.04. The highest BCUT2D eigenvalue weighted by atomic mass is 16.5. The molecule has 0 unspecified atom stereocenters. The van der Waals surface area contributed by atoms with Gasteiger partial charge in [-0.2, -0.15) is 0 Å². The summed E-state index contributed by atoms with van der Waals surface area (Å²) >= 11 is 0. The Balaban J connectivity index is 1.40. The molecule has 156 valence electrons. The monoisotopic (exact) mass is 393 g/mol. The molecule has 2 bridgehead atoms. The molecule has 0 amide bonds. The largest absolute Gasteiger partial charge is 0.389 e. The number of likely N-dealkylation sites (tertiary alicyclic amines) is 1. The Labute approximate surface area is 175 Å². The predicted molar refractivity (Wildman–Crippen MR) is 118 cm³/mol. The number of benzene rings is 2. The molecular formula is C26H35NO2. The van der Waals surface area contributed by atoms with Crippen molar-refractivity contribution in [1.29, 1.82) is 0 Å². The average molecular weight is 394 g/mol. The van der Waals surface area contributed by atoms with Crippen LogP contribution in [-0.4, -0.2) is 41.8 Å². The van der Waals surface area contributed by atoms with Crippen molar-refractivity contribution in [2.75, 3.05) is 19.7 Å². The van der Waals surface area contributed by atoms with Crippen LogP contribution in [0.25, 0.3) is 0 Å². The Bertz CT molecular complexity index is 751. The van der Waals surface area contributed by atoms with Gasteiger partial charge in [0, 0.05) is 19.1 Å². The Hall–Kier alpha value is -1.68. The molecule has 2 aromatic carbocycles. The number of ether oxygens (including phenoxy) is 1. The van der Waals surface area contributed by atoms with Gasteiger partial charge in [0.15, 0.2) is 0 Å². The van der Waals surface area contributed by atoms with E-state index >= 15 is 0 Å². The lowest BCUT2D eigenvalue weighted by atomic mass is 9.65. The fraction of sp³-hybridized carbons (Fsp3) is 0.538. The third-order valence-corrected chi connectivity index (χ3v) is 6.63. The molecule has 1 saturated heterocycles. The number of hydrogen-bond acceptors (Lipinski definition) is 3. The molecule has 3 atom stereocenters. The minimum Gasteiger partial charge on any atom is -0.389 e. The summed E-state index contributed by atoms with van der Waals surface area (Å²) < 4.78 is 6.29. The SMILES string of the molecule is CC1(C)C[C@H]2C[C@](C)(CN2C[C@@H](O)COC(c2ccccc2)c2ccccc2)C1. The van der Waals surface area contributed by atoms with Gasteiger partial charge in [0.05, 0.1) is 12.7 Å². The van der Waals surface area contributed by atoms with Crippen molar-refractivity contribution < 1.29 is 9.84 Å². The number of β-amino-alcohol motifs (C(OH)–C–C–N with tert-alkyl or cyclic N) is 1. The van der Waals surface area contributed by atoms with Crippen molar-refractivity contribution in [2.24, 2.45) is 10.8 Å². The normalized spacial score (nSPS) is 27.3. The van der Waals surface area contributed by atoms with Crippen LogP contribution in [0.3, 0.4) is 0 Å². The van der Waals surface area contributed by atoms with E-state index in [4.69, 9.17) is 4.74 Å². The molecule has 0 aromatic heterocycles. The van der Waals surface area contributed by atoms with E-state index in [0.717, 1.165) is 17.7 Å². The van der Waals surface area contributed by atoms with Crippen LogP contribution in [-0.2, 0) is 4.74 Å². The predicted octanol–water partition coefficient (Wildman–Crippen LogP) is 5.05. The van der Waals surface area contributed by atoms with Crippen molar-refractivity contribution in [3.63, 3.8) is 0 Å². The molecule has 1 aliphatic heterocycles. The van der Waals surface area contributed by atoms with Gasteiger partial charge in [-0.15, -0.1) is 0 Å². The lowest BCUT2D eigenvalue weighted by Gasteiger charge is -2.40. The topological polar surface area (TPSA) is 32.7 Å². The second-order valence-corrected chi connectivity index (χ2v) is 10.3. The van der Waals surface area contributed by atoms with Gasteiger partial charge in [0.2, 0.25) is 0 Å². The summed E-state index contributed by atoms with van der Waals surface area (Å²) in [5, 5.41) is 10.8. The number of hydrogen-bond donors (Lipinski definition) is 1. The number of fused-ring (bicyclic) bond motifs is 2. The van der Waals surface area contributed by atoms with Crippen LogP contribution in [0, 0.1) is 10.8 Å². The molecule has 1 aliphatic carbocycles. The van der Waals surface area contributed by atoms with E-state index in [-0.39, 0.29) is 6.10 Å². The first kappa shape index (κ1) is 20.6. The second-order valence-electron chi connectivity index (χ2n) is 10.3. The molecule has 0 spiro atoms. The average Bonchev–Trinajstić information content (AvgIpc) is 2.91. The zero-order chi connectivity index (χ0) is 20.5. The van der Waals surface area contributed by atoms with E-state index in [1.807, 2.05) is 36.4 Å². The van der Waals surface area contributed by atoms with Crippen LogP contribution in [0.15, 0.2) is 60.7 Å². The highest BCUT2D eigenvalue weighted by Crippen LogP contribution is 2.52. The first-order chi connectivity index (χ1) is 13.8. The summed E-state index contributed by atoms with van der Waals surface area (Å²) in [6.45, 7) is 9.35. The quantitative estimate of drug-likeness (QED) is 0.714. The molecule has 2 aromatic rings. The zero-order valence-electron chi connectivity index (χ0n) is 18.1. The number of aliphatic hydroxyl groups is 1. The van der Waals surface area contributed by atoms with Crippen LogP contribution in [0.1, 0.15) is 57.3 Å². The molecule has 29 heavy (non-hydrogen) atoms. The number of nitrogens with zero attached hydrogens (tertiary/aromatic N) is 1. The Kier molecular flexibility index (Phi) is 5.83. The minimum atomic E-state index is -0.476. The Morgan fingerprint density at radius 1 is 0.966 bits per heavy atom. The maximum Gasteiger partial charge on any atom is 0.108 e. The van der Waals surface area contributed by atoms with Crippen LogP contribution < -0.4 is 0 Å². The van der Waals surface area contributed by atoms with Gasteiger partial charge in [0.1, 0.15) is 6.10 Å². The van der Waals surface area contributed by atoms with Crippen LogP contribution in [0.4, 0.5) is 0 Å². The van der Waals surface area contributed by atoms with E-state index in [0.29, 0.717) is 30.0 Å². The van der Waals surface area contributed by atoms with E-state index in [2.05, 4.69) is 49.9 Å². The fourth-order valence-electron chi connectivity index (χ4n) is 5.96. The molecule has 2 aliphatic rings. The third kappa shape index (κ3) is 4.91. The molecule has 3 heteroatoms. The Morgan fingerprint density at radius 2 is 1.55 bits per heavy atom. The van der Waals surface area contributed by atoms with Gasteiger partial charge in [0.25, 0.3) is 0 Å². The van der Waals surface area contributed by atoms with Gasteiger partial charge < -0.3 is 9.84 Å². The van der Waals surface area contributed by atoms with Crippen LogP contribution in [0.5, 0.6) is 0 Å². The molecular weight excluding hydrogens is 358 g/mol. The van der Waals surface area contributed by atoms with Crippen LogP contribution in [0.2, 0.25) is 0 Å². The van der Waals surface area contributed by atoms with Gasteiger partial charge in [-0.1, -0.05) is 81.4 Å².